The zero-order valence-corrected chi connectivity index (χ0v) is 10.5. The van der Waals surface area contributed by atoms with Gasteiger partial charge in [0.25, 0.3) is 5.91 Å². The van der Waals surface area contributed by atoms with Crippen molar-refractivity contribution in [2.24, 2.45) is 0 Å². The molecule has 1 amide bonds. The normalized spacial score (nSPS) is 15.8. The Morgan fingerprint density at radius 1 is 1.35 bits per heavy atom. The molecule has 1 fully saturated rings. The minimum atomic E-state index is -0.448. The summed E-state index contributed by atoms with van der Waals surface area (Å²) in [6, 6.07) is 5.03. The number of rotatable bonds is 2. The molecule has 0 aliphatic heterocycles. The van der Waals surface area contributed by atoms with Gasteiger partial charge >= 0.3 is 0 Å². The van der Waals surface area contributed by atoms with Crippen molar-refractivity contribution in [3.8, 4) is 0 Å². The van der Waals surface area contributed by atoms with Gasteiger partial charge in [0.05, 0.1) is 5.56 Å². The van der Waals surface area contributed by atoms with Crippen LogP contribution in [0.3, 0.4) is 0 Å². The molecule has 0 bridgehead atoms. The monoisotopic (exact) mass is 235 g/mol. The van der Waals surface area contributed by atoms with Gasteiger partial charge in [0.1, 0.15) is 5.82 Å². The number of hydrogen-bond acceptors (Lipinski definition) is 1. The van der Waals surface area contributed by atoms with Gasteiger partial charge in [0, 0.05) is 6.04 Å². The highest BCUT2D eigenvalue weighted by Crippen LogP contribution is 2.25. The predicted molar refractivity (Wildman–Crippen MR) is 65.6 cm³/mol. The fourth-order valence-corrected chi connectivity index (χ4v) is 1.66. The smallest absolute Gasteiger partial charge is 0.254 e. The molecule has 0 atom stereocenters. The molecule has 1 aliphatic carbocycles. The van der Waals surface area contributed by atoms with E-state index in [2.05, 4.69) is 5.32 Å². The van der Waals surface area contributed by atoms with Crippen LogP contribution in [0.1, 0.15) is 49.5 Å². The number of carbonyl (C=O) groups is 1. The molecule has 1 aliphatic rings. The first-order valence-corrected chi connectivity index (χ1v) is 5.99. The summed E-state index contributed by atoms with van der Waals surface area (Å²) >= 11 is 0. The average Bonchev–Trinajstić information content (AvgIpc) is 3.00. The Morgan fingerprint density at radius 2 is 2.00 bits per heavy atom. The molecule has 0 saturated heterocycles. The summed E-state index contributed by atoms with van der Waals surface area (Å²) in [5.41, 5.74) is 1.05. The van der Waals surface area contributed by atoms with Crippen LogP contribution >= 0.6 is 0 Å². The van der Waals surface area contributed by atoms with Crippen LogP contribution in [-0.4, -0.2) is 11.9 Å². The van der Waals surface area contributed by atoms with E-state index < -0.39 is 5.82 Å². The number of carbonyl (C=O) groups excluding carboxylic acids is 1. The lowest BCUT2D eigenvalue weighted by molar-refractivity contribution is 0.0947. The summed E-state index contributed by atoms with van der Waals surface area (Å²) in [5, 5.41) is 2.81. The maximum absolute atomic E-state index is 13.6. The molecular formula is C14H18FNO. The Labute approximate surface area is 101 Å². The van der Waals surface area contributed by atoms with E-state index in [9.17, 15) is 9.18 Å². The van der Waals surface area contributed by atoms with Crippen molar-refractivity contribution in [2.45, 2.75) is 45.1 Å². The van der Waals surface area contributed by atoms with Crippen molar-refractivity contribution in [2.75, 3.05) is 0 Å². The highest BCUT2D eigenvalue weighted by molar-refractivity contribution is 5.95. The van der Waals surface area contributed by atoms with E-state index in [1.54, 1.807) is 12.1 Å². The molecule has 0 heterocycles. The molecule has 1 N–H and O–H groups in total. The molecular weight excluding hydrogens is 217 g/mol. The highest BCUT2D eigenvalue weighted by atomic mass is 19.1. The number of amides is 1. The third kappa shape index (κ3) is 2.84. The van der Waals surface area contributed by atoms with Gasteiger partial charge in [-0.3, -0.25) is 4.79 Å². The number of hydrogen-bond donors (Lipinski definition) is 1. The first-order chi connectivity index (χ1) is 7.88. The van der Waals surface area contributed by atoms with Gasteiger partial charge < -0.3 is 5.32 Å². The molecule has 3 heteroatoms. The van der Waals surface area contributed by atoms with E-state index in [1.807, 2.05) is 20.8 Å². The van der Waals surface area contributed by atoms with Crippen molar-refractivity contribution in [1.82, 2.24) is 5.32 Å². The Balaban J connectivity index is 2.28. The quantitative estimate of drug-likeness (QED) is 0.838. The van der Waals surface area contributed by atoms with Gasteiger partial charge in [-0.25, -0.2) is 4.39 Å². The summed E-state index contributed by atoms with van der Waals surface area (Å²) in [6.45, 7) is 6.13. The van der Waals surface area contributed by atoms with E-state index in [-0.39, 0.29) is 22.9 Å². The zero-order valence-electron chi connectivity index (χ0n) is 10.5. The first kappa shape index (κ1) is 12.1. The number of benzene rings is 1. The molecule has 0 unspecified atom stereocenters. The van der Waals surface area contributed by atoms with Crippen LogP contribution in [0.2, 0.25) is 0 Å². The van der Waals surface area contributed by atoms with Crippen LogP contribution in [0, 0.1) is 5.82 Å². The average molecular weight is 235 g/mol. The van der Waals surface area contributed by atoms with E-state index in [4.69, 9.17) is 0 Å². The van der Waals surface area contributed by atoms with Gasteiger partial charge in [-0.05, 0) is 36.0 Å². The third-order valence-corrected chi connectivity index (χ3v) is 2.99. The Morgan fingerprint density at radius 3 is 2.53 bits per heavy atom. The van der Waals surface area contributed by atoms with E-state index in [0.717, 1.165) is 18.4 Å². The molecule has 2 rings (SSSR count). The topological polar surface area (TPSA) is 29.1 Å². The van der Waals surface area contributed by atoms with E-state index in [0.29, 0.717) is 0 Å². The van der Waals surface area contributed by atoms with Crippen LogP contribution in [0.5, 0.6) is 0 Å². The van der Waals surface area contributed by atoms with E-state index >= 15 is 0 Å². The maximum atomic E-state index is 13.6. The van der Waals surface area contributed by atoms with Crippen LogP contribution in [0.15, 0.2) is 18.2 Å². The predicted octanol–water partition coefficient (Wildman–Crippen LogP) is 3.02. The Kier molecular flexibility index (Phi) is 2.94. The summed E-state index contributed by atoms with van der Waals surface area (Å²) in [6.07, 6.45) is 2.01. The summed E-state index contributed by atoms with van der Waals surface area (Å²) in [4.78, 5) is 11.8. The number of halogens is 1. The first-order valence-electron chi connectivity index (χ1n) is 5.99. The summed E-state index contributed by atoms with van der Waals surface area (Å²) < 4.78 is 13.6. The van der Waals surface area contributed by atoms with Gasteiger partial charge in [0.2, 0.25) is 0 Å². The second-order valence-electron chi connectivity index (χ2n) is 5.69. The standard InChI is InChI=1S/C14H18FNO/c1-14(2,3)9-4-7-12(15)11(8-9)13(17)16-10-5-6-10/h4,7-8,10H,5-6H2,1-3H3,(H,16,17). The lowest BCUT2D eigenvalue weighted by Crippen LogP contribution is -2.27. The molecule has 1 aromatic rings. The van der Waals surface area contributed by atoms with Crippen LogP contribution in [0.4, 0.5) is 4.39 Å². The molecule has 0 spiro atoms. The molecule has 0 radical (unpaired) electrons. The van der Waals surface area contributed by atoms with Crippen LogP contribution < -0.4 is 5.32 Å². The fourth-order valence-electron chi connectivity index (χ4n) is 1.66. The van der Waals surface area contributed by atoms with Crippen molar-refractivity contribution in [3.63, 3.8) is 0 Å². The zero-order chi connectivity index (χ0) is 12.6. The Bertz CT molecular complexity index is 444. The molecule has 17 heavy (non-hydrogen) atoms. The van der Waals surface area contributed by atoms with Crippen LogP contribution in [-0.2, 0) is 5.41 Å². The molecule has 2 nitrogen and oxygen atoms in total. The second-order valence-corrected chi connectivity index (χ2v) is 5.69. The van der Waals surface area contributed by atoms with Gasteiger partial charge in [0.15, 0.2) is 0 Å². The minimum absolute atomic E-state index is 0.0810. The van der Waals surface area contributed by atoms with Crippen molar-refractivity contribution in [3.05, 3.63) is 35.1 Å². The molecule has 1 saturated carbocycles. The van der Waals surface area contributed by atoms with E-state index in [1.165, 1.54) is 6.07 Å². The summed E-state index contributed by atoms with van der Waals surface area (Å²) in [7, 11) is 0. The largest absolute Gasteiger partial charge is 0.349 e. The van der Waals surface area contributed by atoms with Crippen molar-refractivity contribution in [1.29, 1.82) is 0 Å². The van der Waals surface area contributed by atoms with Gasteiger partial charge in [-0.1, -0.05) is 26.8 Å². The van der Waals surface area contributed by atoms with Crippen molar-refractivity contribution < 1.29 is 9.18 Å². The number of nitrogens with one attached hydrogen (secondary N) is 1. The molecule has 92 valence electrons. The Hall–Kier alpha value is -1.38. The molecule has 0 aromatic heterocycles. The second kappa shape index (κ2) is 4.13. The lowest BCUT2D eigenvalue weighted by atomic mass is 9.86. The lowest BCUT2D eigenvalue weighted by Gasteiger charge is -2.20. The third-order valence-electron chi connectivity index (χ3n) is 2.99. The highest BCUT2D eigenvalue weighted by Gasteiger charge is 2.26. The van der Waals surface area contributed by atoms with Gasteiger partial charge in [-0.2, -0.15) is 0 Å². The van der Waals surface area contributed by atoms with Gasteiger partial charge in [-0.15, -0.1) is 0 Å². The summed E-state index contributed by atoms with van der Waals surface area (Å²) in [5.74, 6) is -0.743. The maximum Gasteiger partial charge on any atom is 0.254 e. The SMILES string of the molecule is CC(C)(C)c1ccc(F)c(C(=O)NC2CC2)c1. The fraction of sp³-hybridized carbons (Fsp3) is 0.500. The van der Waals surface area contributed by atoms with Crippen LogP contribution in [0.25, 0.3) is 0 Å². The van der Waals surface area contributed by atoms with Crippen molar-refractivity contribution >= 4 is 5.91 Å². The molecule has 1 aromatic carbocycles. The minimum Gasteiger partial charge on any atom is -0.349 e.